The van der Waals surface area contributed by atoms with Gasteiger partial charge in [-0.25, -0.2) is 13.1 Å². The standard InChI is InChI=1S/C12H20N2O2S/c1-5-13-10-6-8-11(9-7-10)17(15,16)14-12(2,3)4/h6-9,13-14H,5H2,1-4H3. The molecular formula is C12H20N2O2S. The van der Waals surface area contributed by atoms with Gasteiger partial charge in [0, 0.05) is 17.8 Å². The quantitative estimate of drug-likeness (QED) is 0.868. The Morgan fingerprint density at radius 2 is 1.65 bits per heavy atom. The maximum absolute atomic E-state index is 12.0. The third kappa shape index (κ3) is 4.36. The second kappa shape index (κ2) is 5.06. The summed E-state index contributed by atoms with van der Waals surface area (Å²) in [6.45, 7) is 8.25. The van der Waals surface area contributed by atoms with Crippen LogP contribution in [0.15, 0.2) is 29.2 Å². The van der Waals surface area contributed by atoms with Crippen LogP contribution in [0.4, 0.5) is 5.69 Å². The number of nitrogens with one attached hydrogen (secondary N) is 2. The van der Waals surface area contributed by atoms with Crippen molar-refractivity contribution in [2.24, 2.45) is 0 Å². The Labute approximate surface area is 103 Å². The first-order valence-electron chi connectivity index (χ1n) is 5.62. The molecule has 0 saturated heterocycles. The van der Waals surface area contributed by atoms with Crippen LogP contribution in [-0.2, 0) is 10.0 Å². The molecule has 17 heavy (non-hydrogen) atoms. The molecule has 0 spiro atoms. The Bertz CT molecular complexity index is 458. The van der Waals surface area contributed by atoms with Gasteiger partial charge < -0.3 is 5.32 Å². The number of benzene rings is 1. The maximum Gasteiger partial charge on any atom is 0.241 e. The lowest BCUT2D eigenvalue weighted by molar-refractivity contribution is 0.491. The Balaban J connectivity index is 2.93. The molecule has 0 aromatic heterocycles. The molecule has 0 heterocycles. The first-order valence-corrected chi connectivity index (χ1v) is 7.11. The van der Waals surface area contributed by atoms with Crippen molar-refractivity contribution in [3.63, 3.8) is 0 Å². The van der Waals surface area contributed by atoms with E-state index < -0.39 is 15.6 Å². The predicted molar refractivity (Wildman–Crippen MR) is 70.7 cm³/mol. The fourth-order valence-electron chi connectivity index (χ4n) is 1.42. The summed E-state index contributed by atoms with van der Waals surface area (Å²) in [5, 5.41) is 3.12. The summed E-state index contributed by atoms with van der Waals surface area (Å²) in [6.07, 6.45) is 0. The van der Waals surface area contributed by atoms with Crippen LogP contribution in [0.5, 0.6) is 0 Å². The van der Waals surface area contributed by atoms with Crippen LogP contribution >= 0.6 is 0 Å². The molecule has 0 saturated carbocycles. The van der Waals surface area contributed by atoms with Crippen molar-refractivity contribution >= 4 is 15.7 Å². The van der Waals surface area contributed by atoms with Crippen molar-refractivity contribution in [2.45, 2.75) is 38.1 Å². The third-order valence-electron chi connectivity index (χ3n) is 1.99. The lowest BCUT2D eigenvalue weighted by Gasteiger charge is -2.20. The fraction of sp³-hybridized carbons (Fsp3) is 0.500. The molecule has 0 amide bonds. The van der Waals surface area contributed by atoms with Crippen molar-refractivity contribution in [1.29, 1.82) is 0 Å². The molecule has 0 aliphatic rings. The zero-order valence-electron chi connectivity index (χ0n) is 10.7. The van der Waals surface area contributed by atoms with Crippen molar-refractivity contribution in [3.05, 3.63) is 24.3 Å². The van der Waals surface area contributed by atoms with Crippen molar-refractivity contribution in [3.8, 4) is 0 Å². The van der Waals surface area contributed by atoms with E-state index in [9.17, 15) is 8.42 Å². The fourth-order valence-corrected chi connectivity index (χ4v) is 2.84. The van der Waals surface area contributed by atoms with Gasteiger partial charge in [0.1, 0.15) is 0 Å². The van der Waals surface area contributed by atoms with Crippen molar-refractivity contribution in [2.75, 3.05) is 11.9 Å². The lowest BCUT2D eigenvalue weighted by atomic mass is 10.1. The molecule has 0 atom stereocenters. The predicted octanol–water partition coefficient (Wildman–Crippen LogP) is 2.20. The molecule has 0 fully saturated rings. The molecule has 0 aliphatic heterocycles. The first-order chi connectivity index (χ1) is 7.74. The summed E-state index contributed by atoms with van der Waals surface area (Å²) in [7, 11) is -3.43. The SMILES string of the molecule is CCNc1ccc(S(=O)(=O)NC(C)(C)C)cc1. The maximum atomic E-state index is 12.0. The molecule has 1 aromatic carbocycles. The van der Waals surface area contributed by atoms with Gasteiger partial charge in [-0.05, 0) is 52.0 Å². The number of hydrogen-bond acceptors (Lipinski definition) is 3. The topological polar surface area (TPSA) is 58.2 Å². The van der Waals surface area contributed by atoms with Crippen LogP contribution in [0.1, 0.15) is 27.7 Å². The minimum atomic E-state index is -3.43. The molecule has 2 N–H and O–H groups in total. The number of anilines is 1. The lowest BCUT2D eigenvalue weighted by Crippen LogP contribution is -2.40. The van der Waals surface area contributed by atoms with Crippen molar-refractivity contribution < 1.29 is 8.42 Å². The molecule has 0 bridgehead atoms. The normalized spacial score (nSPS) is 12.5. The van der Waals surface area contributed by atoms with E-state index >= 15 is 0 Å². The third-order valence-corrected chi connectivity index (χ3v) is 3.76. The summed E-state index contributed by atoms with van der Waals surface area (Å²) in [5.41, 5.74) is 0.446. The smallest absolute Gasteiger partial charge is 0.241 e. The highest BCUT2D eigenvalue weighted by atomic mass is 32.2. The highest BCUT2D eigenvalue weighted by Gasteiger charge is 2.21. The van der Waals surface area contributed by atoms with Crippen LogP contribution in [0.25, 0.3) is 0 Å². The zero-order valence-corrected chi connectivity index (χ0v) is 11.6. The van der Waals surface area contributed by atoms with Crippen LogP contribution < -0.4 is 10.0 Å². The Hall–Kier alpha value is -1.07. The summed E-state index contributed by atoms with van der Waals surface area (Å²) in [6, 6.07) is 6.74. The van der Waals surface area contributed by atoms with E-state index in [0.29, 0.717) is 0 Å². The molecule has 1 rings (SSSR count). The minimum absolute atomic E-state index is 0.286. The van der Waals surface area contributed by atoms with Gasteiger partial charge in [-0.3, -0.25) is 0 Å². The molecular weight excluding hydrogens is 236 g/mol. The highest BCUT2D eigenvalue weighted by molar-refractivity contribution is 7.89. The van der Waals surface area contributed by atoms with Gasteiger partial charge >= 0.3 is 0 Å². The van der Waals surface area contributed by atoms with Gasteiger partial charge in [-0.1, -0.05) is 0 Å². The van der Waals surface area contributed by atoms with Gasteiger partial charge in [-0.2, -0.15) is 0 Å². The highest BCUT2D eigenvalue weighted by Crippen LogP contribution is 2.15. The molecule has 0 radical (unpaired) electrons. The molecule has 5 heteroatoms. The second-order valence-electron chi connectivity index (χ2n) is 4.91. The molecule has 96 valence electrons. The van der Waals surface area contributed by atoms with Crippen LogP contribution in [0, 0.1) is 0 Å². The molecule has 0 unspecified atom stereocenters. The van der Waals surface area contributed by atoms with Crippen LogP contribution in [-0.4, -0.2) is 20.5 Å². The average molecular weight is 256 g/mol. The van der Waals surface area contributed by atoms with Gasteiger partial charge in [0.15, 0.2) is 0 Å². The second-order valence-corrected chi connectivity index (χ2v) is 6.59. The number of rotatable bonds is 4. The number of sulfonamides is 1. The van der Waals surface area contributed by atoms with E-state index in [-0.39, 0.29) is 4.90 Å². The van der Waals surface area contributed by atoms with Gasteiger partial charge in [-0.15, -0.1) is 0 Å². The van der Waals surface area contributed by atoms with Gasteiger partial charge in [0.05, 0.1) is 4.90 Å². The molecule has 4 nitrogen and oxygen atoms in total. The van der Waals surface area contributed by atoms with Gasteiger partial charge in [0.2, 0.25) is 10.0 Å². The zero-order chi connectivity index (χ0) is 13.1. The van der Waals surface area contributed by atoms with E-state index in [0.717, 1.165) is 12.2 Å². The van der Waals surface area contributed by atoms with E-state index in [1.165, 1.54) is 0 Å². The molecule has 0 aliphatic carbocycles. The Kier molecular flexibility index (Phi) is 4.16. The monoisotopic (exact) mass is 256 g/mol. The van der Waals surface area contributed by atoms with Crippen LogP contribution in [0.2, 0.25) is 0 Å². The van der Waals surface area contributed by atoms with E-state index in [2.05, 4.69) is 10.0 Å². The summed E-state index contributed by atoms with van der Waals surface area (Å²) in [4.78, 5) is 0.286. The van der Waals surface area contributed by atoms with E-state index in [1.54, 1.807) is 24.3 Å². The average Bonchev–Trinajstić information content (AvgIpc) is 2.15. The van der Waals surface area contributed by atoms with E-state index in [1.807, 2.05) is 27.7 Å². The summed E-state index contributed by atoms with van der Waals surface area (Å²) >= 11 is 0. The minimum Gasteiger partial charge on any atom is -0.385 e. The number of hydrogen-bond donors (Lipinski definition) is 2. The molecule has 1 aromatic rings. The Morgan fingerprint density at radius 1 is 1.12 bits per heavy atom. The summed E-state index contributed by atoms with van der Waals surface area (Å²) < 4.78 is 26.6. The largest absolute Gasteiger partial charge is 0.385 e. The summed E-state index contributed by atoms with van der Waals surface area (Å²) in [5.74, 6) is 0. The Morgan fingerprint density at radius 3 is 2.06 bits per heavy atom. The van der Waals surface area contributed by atoms with Crippen molar-refractivity contribution in [1.82, 2.24) is 4.72 Å². The van der Waals surface area contributed by atoms with Crippen LogP contribution in [0.3, 0.4) is 0 Å². The van der Waals surface area contributed by atoms with E-state index in [4.69, 9.17) is 0 Å². The van der Waals surface area contributed by atoms with Gasteiger partial charge in [0.25, 0.3) is 0 Å². The first kappa shape index (κ1) is 14.0.